The highest BCUT2D eigenvalue weighted by molar-refractivity contribution is 6.33. The highest BCUT2D eigenvalue weighted by Gasteiger charge is 2.45. The van der Waals surface area contributed by atoms with Gasteiger partial charge >= 0.3 is 0 Å². The molecule has 3 fully saturated rings. The van der Waals surface area contributed by atoms with Crippen molar-refractivity contribution in [2.75, 3.05) is 18.4 Å². The molecule has 31 heavy (non-hydrogen) atoms. The van der Waals surface area contributed by atoms with Gasteiger partial charge in [-0.2, -0.15) is 0 Å². The summed E-state index contributed by atoms with van der Waals surface area (Å²) >= 11 is 6.15. The fourth-order valence-corrected chi connectivity index (χ4v) is 5.81. The number of anilines is 1. The van der Waals surface area contributed by atoms with E-state index in [1.54, 1.807) is 6.07 Å². The van der Waals surface area contributed by atoms with E-state index in [-0.39, 0.29) is 18.7 Å². The van der Waals surface area contributed by atoms with Crippen LogP contribution in [0.4, 0.5) is 19.0 Å². The maximum Gasteiger partial charge on any atom is 0.248 e. The molecule has 8 heteroatoms. The molecule has 0 radical (unpaired) electrons. The van der Waals surface area contributed by atoms with Crippen molar-refractivity contribution in [1.82, 2.24) is 15.1 Å². The van der Waals surface area contributed by atoms with Gasteiger partial charge in [-0.25, -0.2) is 13.2 Å². The minimum absolute atomic E-state index is 0.0309. The van der Waals surface area contributed by atoms with Crippen LogP contribution in [0.25, 0.3) is 11.3 Å². The van der Waals surface area contributed by atoms with E-state index in [2.05, 4.69) is 20.4 Å². The van der Waals surface area contributed by atoms with Crippen molar-refractivity contribution in [3.8, 4) is 11.3 Å². The van der Waals surface area contributed by atoms with E-state index in [4.69, 9.17) is 11.6 Å². The van der Waals surface area contributed by atoms with E-state index in [1.807, 2.05) is 6.07 Å². The van der Waals surface area contributed by atoms with Gasteiger partial charge in [-0.05, 0) is 67.9 Å². The lowest BCUT2D eigenvalue weighted by Gasteiger charge is -2.35. The first-order valence-corrected chi connectivity index (χ1v) is 11.4. The SMILES string of the molecule is Fc1ccc(Cl)c(-c2ccc(N[C@H]3C[C@@H]4CN(C5CCC(F)(F)CC5)C[C@@H]4C3)nn2)c1. The second-order valence-corrected chi connectivity index (χ2v) is 9.71. The number of nitrogens with zero attached hydrogens (tertiary/aromatic N) is 3. The molecule has 2 heterocycles. The molecule has 1 N–H and O–H groups in total. The normalized spacial score (nSPS) is 28.6. The average molecular weight is 451 g/mol. The number of rotatable bonds is 4. The number of likely N-dealkylation sites (tertiary alicyclic amines) is 1. The number of fused-ring (bicyclic) bond motifs is 1. The number of benzene rings is 1. The molecule has 0 bridgehead atoms. The Hall–Kier alpha value is -1.86. The van der Waals surface area contributed by atoms with Gasteiger partial charge in [0.2, 0.25) is 5.92 Å². The van der Waals surface area contributed by atoms with E-state index in [0.717, 1.165) is 25.9 Å². The third kappa shape index (κ3) is 4.53. The van der Waals surface area contributed by atoms with Crippen LogP contribution in [0.2, 0.25) is 5.02 Å². The quantitative estimate of drug-likeness (QED) is 0.654. The topological polar surface area (TPSA) is 41.0 Å². The molecule has 1 aromatic heterocycles. The van der Waals surface area contributed by atoms with Crippen molar-refractivity contribution >= 4 is 17.4 Å². The number of hydrogen-bond acceptors (Lipinski definition) is 4. The van der Waals surface area contributed by atoms with E-state index < -0.39 is 5.92 Å². The zero-order chi connectivity index (χ0) is 21.6. The van der Waals surface area contributed by atoms with Crippen LogP contribution >= 0.6 is 11.6 Å². The summed E-state index contributed by atoms with van der Waals surface area (Å²) in [5.74, 6) is -0.904. The van der Waals surface area contributed by atoms with Gasteiger partial charge in [0.15, 0.2) is 0 Å². The Morgan fingerprint density at radius 2 is 1.71 bits per heavy atom. The van der Waals surface area contributed by atoms with Gasteiger partial charge in [0.05, 0.1) is 10.7 Å². The smallest absolute Gasteiger partial charge is 0.248 e. The van der Waals surface area contributed by atoms with Crippen LogP contribution in [0.1, 0.15) is 38.5 Å². The highest BCUT2D eigenvalue weighted by atomic mass is 35.5. The lowest BCUT2D eigenvalue weighted by molar-refractivity contribution is -0.0521. The number of hydrogen-bond donors (Lipinski definition) is 1. The number of nitrogens with one attached hydrogen (secondary N) is 1. The Bertz CT molecular complexity index is 915. The average Bonchev–Trinajstić information content (AvgIpc) is 3.29. The van der Waals surface area contributed by atoms with Crippen molar-refractivity contribution in [1.29, 1.82) is 0 Å². The molecule has 2 saturated carbocycles. The lowest BCUT2D eigenvalue weighted by Crippen LogP contribution is -2.40. The Kier molecular flexibility index (Phi) is 5.59. The van der Waals surface area contributed by atoms with Crippen LogP contribution in [0.15, 0.2) is 30.3 Å². The molecule has 2 aliphatic carbocycles. The predicted octanol–water partition coefficient (Wildman–Crippen LogP) is 5.64. The summed E-state index contributed by atoms with van der Waals surface area (Å²) < 4.78 is 40.4. The molecular formula is C23H26ClF3N4. The van der Waals surface area contributed by atoms with Crippen LogP contribution < -0.4 is 5.32 Å². The molecule has 0 amide bonds. The summed E-state index contributed by atoms with van der Waals surface area (Å²) in [5, 5.41) is 12.4. The predicted molar refractivity (Wildman–Crippen MR) is 115 cm³/mol. The monoisotopic (exact) mass is 450 g/mol. The summed E-state index contributed by atoms with van der Waals surface area (Å²) in [6, 6.07) is 8.50. The molecule has 3 aliphatic rings. The van der Waals surface area contributed by atoms with Gasteiger partial charge in [0.25, 0.3) is 0 Å². The van der Waals surface area contributed by atoms with Gasteiger partial charge < -0.3 is 5.32 Å². The lowest BCUT2D eigenvalue weighted by atomic mass is 9.91. The van der Waals surface area contributed by atoms with Crippen LogP contribution in [0, 0.1) is 17.7 Å². The molecular weight excluding hydrogens is 425 g/mol. The van der Waals surface area contributed by atoms with Crippen LogP contribution in [0.5, 0.6) is 0 Å². The summed E-state index contributed by atoms with van der Waals surface area (Å²) in [7, 11) is 0. The Morgan fingerprint density at radius 3 is 2.35 bits per heavy atom. The molecule has 5 rings (SSSR count). The summed E-state index contributed by atoms with van der Waals surface area (Å²) in [4.78, 5) is 2.46. The first-order valence-electron chi connectivity index (χ1n) is 11.0. The molecule has 1 saturated heterocycles. The molecule has 4 nitrogen and oxygen atoms in total. The highest BCUT2D eigenvalue weighted by Crippen LogP contribution is 2.43. The molecule has 1 aromatic carbocycles. The van der Waals surface area contributed by atoms with Gasteiger partial charge in [-0.1, -0.05) is 11.6 Å². The van der Waals surface area contributed by atoms with E-state index in [0.29, 0.717) is 58.9 Å². The molecule has 166 valence electrons. The van der Waals surface area contributed by atoms with Gasteiger partial charge in [0.1, 0.15) is 11.6 Å². The minimum Gasteiger partial charge on any atom is -0.366 e. The largest absolute Gasteiger partial charge is 0.366 e. The Labute approximate surface area is 185 Å². The molecule has 1 aliphatic heterocycles. The first-order chi connectivity index (χ1) is 14.9. The van der Waals surface area contributed by atoms with Crippen molar-refractivity contribution in [3.05, 3.63) is 41.2 Å². The molecule has 3 atom stereocenters. The van der Waals surface area contributed by atoms with Gasteiger partial charge in [0, 0.05) is 43.6 Å². The fourth-order valence-electron chi connectivity index (χ4n) is 5.60. The standard InChI is InChI=1S/C23H26ClF3N4/c24-20-2-1-16(25)11-19(20)21-3-4-22(30-29-21)28-17-9-14-12-31(13-15(14)10-17)18-5-7-23(26,27)8-6-18/h1-4,11,14-15,17-18H,5-10,12-13H2,(H,28,30)/t14-,15+,17+. The zero-order valence-electron chi connectivity index (χ0n) is 17.2. The summed E-state index contributed by atoms with van der Waals surface area (Å²) in [6.07, 6.45) is 3.41. The summed E-state index contributed by atoms with van der Waals surface area (Å²) in [5.41, 5.74) is 1.06. The van der Waals surface area contributed by atoms with Crippen molar-refractivity contribution in [2.45, 2.75) is 56.5 Å². The number of aromatic nitrogens is 2. The van der Waals surface area contributed by atoms with E-state index in [9.17, 15) is 13.2 Å². The minimum atomic E-state index is -2.46. The van der Waals surface area contributed by atoms with Crippen molar-refractivity contribution < 1.29 is 13.2 Å². The second-order valence-electron chi connectivity index (χ2n) is 9.30. The van der Waals surface area contributed by atoms with E-state index >= 15 is 0 Å². The summed E-state index contributed by atoms with van der Waals surface area (Å²) in [6.45, 7) is 2.03. The third-order valence-corrected chi connectivity index (χ3v) is 7.53. The second kappa shape index (κ2) is 8.24. The number of alkyl halides is 2. The molecule has 0 spiro atoms. The Balaban J connectivity index is 1.15. The van der Waals surface area contributed by atoms with Crippen LogP contribution in [-0.4, -0.2) is 46.2 Å². The molecule has 0 unspecified atom stereocenters. The maximum atomic E-state index is 13.5. The number of halogens is 4. The van der Waals surface area contributed by atoms with Gasteiger partial charge in [-0.15, -0.1) is 10.2 Å². The van der Waals surface area contributed by atoms with Gasteiger partial charge in [-0.3, -0.25) is 4.90 Å². The molecule has 2 aromatic rings. The maximum absolute atomic E-state index is 13.5. The van der Waals surface area contributed by atoms with Crippen molar-refractivity contribution in [2.24, 2.45) is 11.8 Å². The van der Waals surface area contributed by atoms with E-state index in [1.165, 1.54) is 18.2 Å². The fraction of sp³-hybridized carbons (Fsp3) is 0.565. The third-order valence-electron chi connectivity index (χ3n) is 7.20. The Morgan fingerprint density at radius 1 is 1.00 bits per heavy atom. The van der Waals surface area contributed by atoms with Crippen molar-refractivity contribution in [3.63, 3.8) is 0 Å². The first kappa shape index (κ1) is 21.0. The van der Waals surface area contributed by atoms with Crippen LogP contribution in [0.3, 0.4) is 0 Å². The zero-order valence-corrected chi connectivity index (χ0v) is 18.0. The van der Waals surface area contributed by atoms with Crippen LogP contribution in [-0.2, 0) is 0 Å².